The molecule has 0 radical (unpaired) electrons. The highest BCUT2D eigenvalue weighted by atomic mass is 15.0. The van der Waals surface area contributed by atoms with E-state index in [4.69, 9.17) is 0 Å². The first-order valence-electron chi connectivity index (χ1n) is 16.5. The lowest BCUT2D eigenvalue weighted by Gasteiger charge is -2.29. The van der Waals surface area contributed by atoms with E-state index < -0.39 is 5.41 Å². The van der Waals surface area contributed by atoms with Gasteiger partial charge in [0.05, 0.1) is 39.6 Å². The normalized spacial score (nSPS) is 16.1. The van der Waals surface area contributed by atoms with Crippen LogP contribution >= 0.6 is 0 Å². The van der Waals surface area contributed by atoms with E-state index >= 15 is 0 Å². The largest absolute Gasteiger partial charge is 0.309 e. The fourth-order valence-corrected chi connectivity index (χ4v) is 7.79. The minimum atomic E-state index is -0.876. The molecule has 8 aromatic rings. The van der Waals surface area contributed by atoms with E-state index in [-0.39, 0.29) is 0 Å². The standard InChI is InChI=1S/C45H30N4/c1-45(29-47)27-30(28-46)20-22-40(45)37-26-44-39(35-17-9-11-19-42(35)49(44)33-14-6-3-7-15-33)25-36(37)31-21-23-43-38(24-31)34-16-8-10-18-41(34)48(43)32-12-4-2-5-13-32/h2-26H,27H2,1H3. The Morgan fingerprint density at radius 1 is 0.531 bits per heavy atom. The van der Waals surface area contributed by atoms with E-state index in [1.807, 2.05) is 31.2 Å². The monoisotopic (exact) mass is 626 g/mol. The van der Waals surface area contributed by atoms with Crippen molar-refractivity contribution in [3.05, 3.63) is 163 Å². The van der Waals surface area contributed by atoms with Crippen LogP contribution < -0.4 is 0 Å². The maximum absolute atomic E-state index is 10.7. The van der Waals surface area contributed by atoms with Gasteiger partial charge in [0.15, 0.2) is 0 Å². The number of para-hydroxylation sites is 4. The zero-order valence-electron chi connectivity index (χ0n) is 26.9. The summed E-state index contributed by atoms with van der Waals surface area (Å²) in [5, 5.41) is 25.1. The number of hydrogen-bond donors (Lipinski definition) is 0. The third-order valence-electron chi connectivity index (χ3n) is 10.1. The molecule has 2 aromatic heterocycles. The molecule has 0 fully saturated rings. The van der Waals surface area contributed by atoms with Crippen molar-refractivity contribution < 1.29 is 0 Å². The molecule has 1 aliphatic carbocycles. The highest BCUT2D eigenvalue weighted by Crippen LogP contribution is 2.48. The van der Waals surface area contributed by atoms with Gasteiger partial charge in [-0.05, 0) is 95.9 Å². The van der Waals surface area contributed by atoms with E-state index in [2.05, 4.69) is 149 Å². The van der Waals surface area contributed by atoms with Crippen LogP contribution in [-0.4, -0.2) is 9.13 Å². The number of hydrogen-bond acceptors (Lipinski definition) is 2. The summed E-state index contributed by atoms with van der Waals surface area (Å²) in [5.74, 6) is 0. The van der Waals surface area contributed by atoms with Gasteiger partial charge in [0, 0.05) is 44.9 Å². The van der Waals surface area contributed by atoms with Gasteiger partial charge in [-0.2, -0.15) is 10.5 Å². The van der Waals surface area contributed by atoms with E-state index in [9.17, 15) is 10.5 Å². The molecule has 1 aliphatic rings. The Balaban J connectivity index is 1.39. The molecule has 6 aromatic carbocycles. The summed E-state index contributed by atoms with van der Waals surface area (Å²) in [7, 11) is 0. The van der Waals surface area contributed by atoms with Gasteiger partial charge >= 0.3 is 0 Å². The molecule has 0 spiro atoms. The lowest BCUT2D eigenvalue weighted by atomic mass is 9.71. The summed E-state index contributed by atoms with van der Waals surface area (Å²) >= 11 is 0. The Hall–Kier alpha value is -6.62. The number of rotatable bonds is 4. The molecule has 0 saturated heterocycles. The summed E-state index contributed by atoms with van der Waals surface area (Å²) in [6.45, 7) is 1.96. The lowest BCUT2D eigenvalue weighted by molar-refractivity contribution is 0.584. The van der Waals surface area contributed by atoms with Crippen LogP contribution in [0.4, 0.5) is 0 Å². The number of nitrogens with zero attached hydrogens (tertiary/aromatic N) is 4. The van der Waals surface area contributed by atoms with Gasteiger partial charge in [-0.15, -0.1) is 0 Å². The van der Waals surface area contributed by atoms with Crippen molar-refractivity contribution in [2.45, 2.75) is 13.3 Å². The van der Waals surface area contributed by atoms with Crippen molar-refractivity contribution in [3.63, 3.8) is 0 Å². The van der Waals surface area contributed by atoms with Gasteiger partial charge in [-0.1, -0.05) is 84.9 Å². The molecule has 1 unspecified atom stereocenters. The van der Waals surface area contributed by atoms with Crippen molar-refractivity contribution >= 4 is 49.2 Å². The lowest BCUT2D eigenvalue weighted by Crippen LogP contribution is -2.20. The summed E-state index contributed by atoms with van der Waals surface area (Å²) in [6, 6.07) is 54.3. The average Bonchev–Trinajstić information content (AvgIpc) is 3.67. The third kappa shape index (κ3) is 4.36. The van der Waals surface area contributed by atoms with Crippen LogP contribution in [0.5, 0.6) is 0 Å². The fourth-order valence-electron chi connectivity index (χ4n) is 7.79. The van der Waals surface area contributed by atoms with E-state index in [1.54, 1.807) is 0 Å². The van der Waals surface area contributed by atoms with E-state index in [0.717, 1.165) is 61.1 Å². The van der Waals surface area contributed by atoms with Crippen molar-refractivity contribution in [2.24, 2.45) is 5.41 Å². The molecule has 1 atom stereocenters. The molecule has 9 rings (SSSR count). The highest BCUT2D eigenvalue weighted by molar-refractivity contribution is 6.14. The second-order valence-corrected chi connectivity index (χ2v) is 13.0. The first-order valence-corrected chi connectivity index (χ1v) is 16.5. The Bertz CT molecular complexity index is 2760. The summed E-state index contributed by atoms with van der Waals surface area (Å²) in [5.41, 5.74) is 10.5. The fraction of sp³-hybridized carbons (Fsp3) is 0.0667. The maximum atomic E-state index is 10.7. The molecular formula is C45H30N4. The molecule has 0 aliphatic heterocycles. The third-order valence-corrected chi connectivity index (χ3v) is 10.1. The van der Waals surface area contributed by atoms with Crippen molar-refractivity contribution in [1.29, 1.82) is 10.5 Å². The minimum absolute atomic E-state index is 0.370. The van der Waals surface area contributed by atoms with Gasteiger partial charge in [0.1, 0.15) is 0 Å². The molecule has 0 N–H and O–H groups in total. The van der Waals surface area contributed by atoms with Crippen molar-refractivity contribution in [3.8, 4) is 34.6 Å². The predicted octanol–water partition coefficient (Wildman–Crippen LogP) is 11.3. The van der Waals surface area contributed by atoms with E-state index in [0.29, 0.717) is 12.0 Å². The second-order valence-electron chi connectivity index (χ2n) is 13.0. The number of aromatic nitrogens is 2. The number of nitriles is 2. The number of benzene rings is 6. The summed E-state index contributed by atoms with van der Waals surface area (Å²) in [4.78, 5) is 0. The number of fused-ring (bicyclic) bond motifs is 6. The van der Waals surface area contributed by atoms with Crippen LogP contribution in [0.2, 0.25) is 0 Å². The smallest absolute Gasteiger partial charge is 0.0947 e. The minimum Gasteiger partial charge on any atom is -0.309 e. The number of allylic oxidation sites excluding steroid dienone is 4. The van der Waals surface area contributed by atoms with Crippen molar-refractivity contribution in [1.82, 2.24) is 9.13 Å². The van der Waals surface area contributed by atoms with Crippen LogP contribution in [0.3, 0.4) is 0 Å². The molecule has 0 bridgehead atoms. The highest BCUT2D eigenvalue weighted by Gasteiger charge is 2.35. The van der Waals surface area contributed by atoms with Crippen molar-refractivity contribution in [2.75, 3.05) is 0 Å². The zero-order valence-corrected chi connectivity index (χ0v) is 26.9. The molecule has 49 heavy (non-hydrogen) atoms. The van der Waals surface area contributed by atoms with Crippen LogP contribution in [0.25, 0.3) is 71.7 Å². The van der Waals surface area contributed by atoms with Crippen LogP contribution in [-0.2, 0) is 0 Å². The Kier molecular flexibility index (Phi) is 6.41. The molecule has 230 valence electrons. The first kappa shape index (κ1) is 28.6. The second kappa shape index (κ2) is 11.0. The van der Waals surface area contributed by atoms with Crippen LogP contribution in [0.1, 0.15) is 18.9 Å². The van der Waals surface area contributed by atoms with E-state index in [1.165, 1.54) is 16.2 Å². The summed E-state index contributed by atoms with van der Waals surface area (Å²) in [6.07, 6.45) is 4.24. The predicted molar refractivity (Wildman–Crippen MR) is 201 cm³/mol. The van der Waals surface area contributed by atoms with Crippen LogP contribution in [0.15, 0.2) is 157 Å². The molecular weight excluding hydrogens is 597 g/mol. The SMILES string of the molecule is CC1(C#N)CC(C#N)=CC=C1c1cc2c(cc1-c1ccc3c(c1)c1ccccc1n3-c1ccccc1)c1ccccc1n2-c1ccccc1. The topological polar surface area (TPSA) is 57.4 Å². The van der Waals surface area contributed by atoms with Crippen LogP contribution in [0, 0.1) is 28.1 Å². The maximum Gasteiger partial charge on any atom is 0.0947 e. The van der Waals surface area contributed by atoms with Gasteiger partial charge in [0.25, 0.3) is 0 Å². The Morgan fingerprint density at radius 2 is 1.08 bits per heavy atom. The molecule has 0 saturated carbocycles. The molecule has 2 heterocycles. The molecule has 0 amide bonds. The quantitative estimate of drug-likeness (QED) is 0.195. The molecule has 4 heteroatoms. The Labute approximate surface area is 284 Å². The van der Waals surface area contributed by atoms with Gasteiger partial charge in [0.2, 0.25) is 0 Å². The Morgan fingerprint density at radius 3 is 1.69 bits per heavy atom. The van der Waals surface area contributed by atoms with Gasteiger partial charge < -0.3 is 9.13 Å². The zero-order chi connectivity index (χ0) is 33.1. The molecule has 4 nitrogen and oxygen atoms in total. The summed E-state index contributed by atoms with van der Waals surface area (Å²) < 4.78 is 4.65. The van der Waals surface area contributed by atoms with Gasteiger partial charge in [-0.25, -0.2) is 0 Å². The average molecular weight is 627 g/mol. The first-order chi connectivity index (χ1) is 24.1. The van der Waals surface area contributed by atoms with Gasteiger partial charge in [-0.3, -0.25) is 0 Å².